The fraction of sp³-hybridized carbons (Fsp3) is 0.750. The second-order valence-electron chi connectivity index (χ2n) is 5.21. The summed E-state index contributed by atoms with van der Waals surface area (Å²) in [7, 11) is 0. The van der Waals surface area contributed by atoms with E-state index in [0.29, 0.717) is 5.41 Å². The zero-order valence-electron chi connectivity index (χ0n) is 10.2. The first kappa shape index (κ1) is 12.2. The number of aryl methyl sites for hydroxylation is 1. The molecule has 0 saturated carbocycles. The highest BCUT2D eigenvalue weighted by Gasteiger charge is 2.08. The van der Waals surface area contributed by atoms with Crippen LogP contribution in [0, 0.1) is 5.41 Å². The molecule has 0 fully saturated rings. The quantitative estimate of drug-likeness (QED) is 0.729. The number of rotatable bonds is 6. The van der Waals surface area contributed by atoms with Gasteiger partial charge in [-0.2, -0.15) is 0 Å². The minimum absolute atomic E-state index is 0.442. The van der Waals surface area contributed by atoms with Crippen LogP contribution in [0.2, 0.25) is 0 Å². The van der Waals surface area contributed by atoms with Crippen LogP contribution >= 0.6 is 0 Å². The van der Waals surface area contributed by atoms with E-state index in [9.17, 15) is 0 Å². The zero-order valence-corrected chi connectivity index (χ0v) is 10.2. The van der Waals surface area contributed by atoms with Crippen molar-refractivity contribution < 1.29 is 0 Å². The Hall–Kier alpha value is -0.830. The summed E-state index contributed by atoms with van der Waals surface area (Å²) in [5.41, 5.74) is 0.442. The van der Waals surface area contributed by atoms with Gasteiger partial charge in [0, 0.05) is 18.9 Å². The van der Waals surface area contributed by atoms with Crippen molar-refractivity contribution in [3.05, 3.63) is 18.7 Å². The molecule has 1 aromatic heterocycles. The molecule has 3 heteroatoms. The molecule has 0 aliphatic rings. The van der Waals surface area contributed by atoms with E-state index in [1.807, 2.05) is 18.7 Å². The van der Waals surface area contributed by atoms with Gasteiger partial charge in [-0.15, -0.1) is 0 Å². The number of imidazole rings is 1. The summed E-state index contributed by atoms with van der Waals surface area (Å²) in [5.74, 6) is 0. The second kappa shape index (κ2) is 5.91. The predicted molar refractivity (Wildman–Crippen MR) is 63.8 cm³/mol. The lowest BCUT2D eigenvalue weighted by Gasteiger charge is -2.18. The van der Waals surface area contributed by atoms with Crippen LogP contribution in [0.5, 0.6) is 0 Å². The lowest BCUT2D eigenvalue weighted by molar-refractivity contribution is 0.365. The van der Waals surface area contributed by atoms with Crippen molar-refractivity contribution in [2.24, 2.45) is 5.41 Å². The van der Waals surface area contributed by atoms with Gasteiger partial charge in [0.05, 0.1) is 6.33 Å². The maximum atomic E-state index is 4.01. The Morgan fingerprint density at radius 3 is 2.67 bits per heavy atom. The van der Waals surface area contributed by atoms with Gasteiger partial charge in [0.1, 0.15) is 0 Å². The lowest BCUT2D eigenvalue weighted by atomic mass is 9.92. The number of nitrogens with one attached hydrogen (secondary N) is 1. The smallest absolute Gasteiger partial charge is 0.0945 e. The van der Waals surface area contributed by atoms with E-state index in [1.54, 1.807) is 0 Å². The van der Waals surface area contributed by atoms with E-state index < -0.39 is 0 Å². The summed E-state index contributed by atoms with van der Waals surface area (Å²) >= 11 is 0. The van der Waals surface area contributed by atoms with Gasteiger partial charge in [-0.05, 0) is 31.3 Å². The summed E-state index contributed by atoms with van der Waals surface area (Å²) in [4.78, 5) is 4.01. The Kier molecular flexibility index (Phi) is 4.82. The molecular formula is C12H23N3. The van der Waals surface area contributed by atoms with E-state index in [-0.39, 0.29) is 0 Å². The van der Waals surface area contributed by atoms with Crippen LogP contribution in [-0.2, 0) is 6.54 Å². The standard InChI is InChI=1S/C12H23N3/c1-12(2,3)5-7-13-6-4-9-15-10-8-14-11-15/h8,10-11,13H,4-7,9H2,1-3H3. The third-order valence-electron chi connectivity index (χ3n) is 2.38. The number of aromatic nitrogens is 2. The first-order valence-corrected chi connectivity index (χ1v) is 5.74. The van der Waals surface area contributed by atoms with Crippen molar-refractivity contribution in [2.45, 2.75) is 40.2 Å². The topological polar surface area (TPSA) is 29.9 Å². The molecule has 1 rings (SSSR count). The highest BCUT2D eigenvalue weighted by molar-refractivity contribution is 4.73. The maximum absolute atomic E-state index is 4.01. The molecule has 0 atom stereocenters. The molecule has 0 spiro atoms. The molecule has 1 N–H and O–H groups in total. The van der Waals surface area contributed by atoms with Gasteiger partial charge in [-0.25, -0.2) is 4.98 Å². The van der Waals surface area contributed by atoms with Gasteiger partial charge in [0.25, 0.3) is 0 Å². The van der Waals surface area contributed by atoms with Crippen molar-refractivity contribution in [3.63, 3.8) is 0 Å². The molecule has 0 bridgehead atoms. The first-order chi connectivity index (χ1) is 7.08. The average Bonchev–Trinajstić information content (AvgIpc) is 2.61. The highest BCUT2D eigenvalue weighted by Crippen LogP contribution is 2.16. The average molecular weight is 209 g/mol. The van der Waals surface area contributed by atoms with Crippen LogP contribution < -0.4 is 5.32 Å². The van der Waals surface area contributed by atoms with Crippen LogP contribution in [0.3, 0.4) is 0 Å². The Bertz CT molecular complexity index is 246. The molecule has 86 valence electrons. The van der Waals surface area contributed by atoms with Crippen molar-refractivity contribution in [3.8, 4) is 0 Å². The molecule has 0 aliphatic heterocycles. The second-order valence-corrected chi connectivity index (χ2v) is 5.21. The summed E-state index contributed by atoms with van der Waals surface area (Å²) in [5, 5.41) is 3.47. The van der Waals surface area contributed by atoms with Gasteiger partial charge in [0.2, 0.25) is 0 Å². The van der Waals surface area contributed by atoms with Crippen LogP contribution in [0.15, 0.2) is 18.7 Å². The number of hydrogen-bond acceptors (Lipinski definition) is 2. The van der Waals surface area contributed by atoms with E-state index in [4.69, 9.17) is 0 Å². The fourth-order valence-electron chi connectivity index (χ4n) is 1.39. The van der Waals surface area contributed by atoms with E-state index >= 15 is 0 Å². The van der Waals surface area contributed by atoms with Gasteiger partial charge in [-0.1, -0.05) is 20.8 Å². The summed E-state index contributed by atoms with van der Waals surface area (Å²) in [6.07, 6.45) is 8.11. The molecule has 0 amide bonds. The van der Waals surface area contributed by atoms with Crippen LogP contribution in [0.25, 0.3) is 0 Å². The Morgan fingerprint density at radius 1 is 1.27 bits per heavy atom. The molecule has 0 unspecified atom stereocenters. The van der Waals surface area contributed by atoms with Crippen LogP contribution in [0.1, 0.15) is 33.6 Å². The largest absolute Gasteiger partial charge is 0.337 e. The monoisotopic (exact) mass is 209 g/mol. The van der Waals surface area contributed by atoms with Gasteiger partial charge in [-0.3, -0.25) is 0 Å². The van der Waals surface area contributed by atoms with Gasteiger partial charge >= 0.3 is 0 Å². The van der Waals surface area contributed by atoms with Crippen LogP contribution in [-0.4, -0.2) is 22.6 Å². The first-order valence-electron chi connectivity index (χ1n) is 5.74. The minimum atomic E-state index is 0.442. The van der Waals surface area contributed by atoms with Crippen LogP contribution in [0.4, 0.5) is 0 Å². The van der Waals surface area contributed by atoms with Crippen molar-refractivity contribution in [1.29, 1.82) is 0 Å². The normalized spacial score (nSPS) is 11.9. The zero-order chi connectivity index (χ0) is 11.1. The Balaban J connectivity index is 1.94. The van der Waals surface area contributed by atoms with Crippen molar-refractivity contribution in [2.75, 3.05) is 13.1 Å². The molecule has 0 radical (unpaired) electrons. The summed E-state index contributed by atoms with van der Waals surface area (Å²) in [6.45, 7) is 10.1. The summed E-state index contributed by atoms with van der Waals surface area (Å²) in [6, 6.07) is 0. The number of nitrogens with zero attached hydrogens (tertiary/aromatic N) is 2. The molecule has 3 nitrogen and oxygen atoms in total. The highest BCUT2D eigenvalue weighted by atomic mass is 15.0. The lowest BCUT2D eigenvalue weighted by Crippen LogP contribution is -2.22. The van der Waals surface area contributed by atoms with Crippen molar-refractivity contribution >= 4 is 0 Å². The molecule has 15 heavy (non-hydrogen) atoms. The SMILES string of the molecule is CC(C)(C)CCNCCCn1ccnc1. The summed E-state index contributed by atoms with van der Waals surface area (Å²) < 4.78 is 2.12. The third-order valence-corrected chi connectivity index (χ3v) is 2.38. The minimum Gasteiger partial charge on any atom is -0.337 e. The molecule has 0 saturated heterocycles. The van der Waals surface area contributed by atoms with E-state index in [2.05, 4.69) is 35.6 Å². The molecule has 1 heterocycles. The Morgan fingerprint density at radius 2 is 2.07 bits per heavy atom. The van der Waals surface area contributed by atoms with Gasteiger partial charge in [0.15, 0.2) is 0 Å². The molecule has 1 aromatic rings. The van der Waals surface area contributed by atoms with Crippen molar-refractivity contribution in [1.82, 2.24) is 14.9 Å². The maximum Gasteiger partial charge on any atom is 0.0945 e. The predicted octanol–water partition coefficient (Wildman–Crippen LogP) is 2.30. The third kappa shape index (κ3) is 6.28. The molecule has 0 aliphatic carbocycles. The number of hydrogen-bond donors (Lipinski definition) is 1. The Labute approximate surface area is 92.9 Å². The van der Waals surface area contributed by atoms with E-state index in [1.165, 1.54) is 12.8 Å². The molecule has 0 aromatic carbocycles. The molecular weight excluding hydrogens is 186 g/mol. The van der Waals surface area contributed by atoms with E-state index in [0.717, 1.165) is 19.6 Å². The van der Waals surface area contributed by atoms with Gasteiger partial charge < -0.3 is 9.88 Å². The fourth-order valence-corrected chi connectivity index (χ4v) is 1.39.